The number of fused-ring (bicyclic) bond motifs is 1. The fourth-order valence-electron chi connectivity index (χ4n) is 4.93. The fourth-order valence-corrected chi connectivity index (χ4v) is 4.93. The molecule has 0 radical (unpaired) electrons. The van der Waals surface area contributed by atoms with Crippen molar-refractivity contribution in [1.29, 1.82) is 0 Å². The highest BCUT2D eigenvalue weighted by Gasteiger charge is 2.51. The molecule has 174 valence electrons. The van der Waals surface area contributed by atoms with Crippen LogP contribution in [0.5, 0.6) is 0 Å². The molecule has 0 aliphatic heterocycles. The summed E-state index contributed by atoms with van der Waals surface area (Å²) in [6.07, 6.45) is 7.14. The Kier molecular flexibility index (Phi) is 4.81. The van der Waals surface area contributed by atoms with Crippen LogP contribution < -0.4 is 0 Å². The Hall–Kier alpha value is -4.26. The molecule has 1 saturated carbocycles. The minimum atomic E-state index is -0.745. The van der Waals surface area contributed by atoms with E-state index < -0.39 is 11.4 Å². The van der Waals surface area contributed by atoms with Gasteiger partial charge in [-0.25, -0.2) is 0 Å². The molecular weight excluding hydrogens is 440 g/mol. The summed E-state index contributed by atoms with van der Waals surface area (Å²) in [4.78, 5) is 21.1. The van der Waals surface area contributed by atoms with Crippen molar-refractivity contribution < 1.29 is 14.4 Å². The lowest BCUT2D eigenvalue weighted by molar-refractivity contribution is -0.140. The number of hydrogen-bond acceptors (Lipinski definition) is 5. The van der Waals surface area contributed by atoms with Gasteiger partial charge in [0.2, 0.25) is 0 Å². The molecule has 1 aromatic carbocycles. The van der Waals surface area contributed by atoms with Crippen LogP contribution in [0.1, 0.15) is 35.6 Å². The predicted molar refractivity (Wildman–Crippen MR) is 132 cm³/mol. The molecule has 0 atom stereocenters. The van der Waals surface area contributed by atoms with E-state index in [1.807, 2.05) is 62.5 Å². The molecule has 1 fully saturated rings. The molecule has 7 heteroatoms. The molecule has 5 aromatic rings. The lowest BCUT2D eigenvalue weighted by Crippen LogP contribution is -2.19. The molecule has 35 heavy (non-hydrogen) atoms. The van der Waals surface area contributed by atoms with Gasteiger partial charge in [-0.15, -0.1) is 0 Å². The number of carboxylic acids is 1. The zero-order valence-corrected chi connectivity index (χ0v) is 19.5. The quantitative estimate of drug-likeness (QED) is 0.355. The van der Waals surface area contributed by atoms with E-state index in [1.54, 1.807) is 6.20 Å². The SMILES string of the molecule is Cc1noc(C)c1-c1cnc2c(-c3ccc(C4(C(=O)O)CC4)cc3)cn(Cc3ccccn3)c2c1. The van der Waals surface area contributed by atoms with Crippen LogP contribution in [0.4, 0.5) is 0 Å². The van der Waals surface area contributed by atoms with Crippen LogP contribution in [0.25, 0.3) is 33.3 Å². The summed E-state index contributed by atoms with van der Waals surface area (Å²) in [7, 11) is 0. The topological polar surface area (TPSA) is 94.0 Å². The van der Waals surface area contributed by atoms with Crippen molar-refractivity contribution >= 4 is 17.0 Å². The van der Waals surface area contributed by atoms with Gasteiger partial charge >= 0.3 is 5.97 Å². The second kappa shape index (κ2) is 7.91. The monoisotopic (exact) mass is 464 g/mol. The summed E-state index contributed by atoms with van der Waals surface area (Å²) < 4.78 is 7.55. The van der Waals surface area contributed by atoms with Gasteiger partial charge in [0, 0.05) is 35.3 Å². The minimum Gasteiger partial charge on any atom is -0.481 e. The van der Waals surface area contributed by atoms with E-state index >= 15 is 0 Å². The Bertz CT molecular complexity index is 1540. The third-order valence-corrected chi connectivity index (χ3v) is 7.01. The smallest absolute Gasteiger partial charge is 0.314 e. The summed E-state index contributed by atoms with van der Waals surface area (Å²) in [5.74, 6) is 0.0143. The fraction of sp³-hybridized carbons (Fsp3) is 0.214. The third-order valence-electron chi connectivity index (χ3n) is 7.01. The number of aromatic nitrogens is 4. The van der Waals surface area contributed by atoms with Gasteiger partial charge in [0.15, 0.2) is 0 Å². The van der Waals surface area contributed by atoms with Gasteiger partial charge in [-0.05, 0) is 56.0 Å². The van der Waals surface area contributed by atoms with E-state index in [1.165, 1.54) is 0 Å². The standard InChI is InChI=1S/C28H24N4O3/c1-17-25(18(2)35-31-17)20-13-24-26(30-14-20)23(16-32(24)15-22-5-3-4-12-29-22)19-6-8-21(9-7-19)28(10-11-28)27(33)34/h3-9,12-14,16H,10-11,15H2,1-2H3,(H,33,34). The van der Waals surface area contributed by atoms with Crippen LogP contribution in [0.15, 0.2) is 71.6 Å². The number of nitrogens with zero attached hydrogens (tertiary/aromatic N) is 4. The van der Waals surface area contributed by atoms with E-state index in [0.29, 0.717) is 19.4 Å². The Morgan fingerprint density at radius 2 is 1.89 bits per heavy atom. The van der Waals surface area contributed by atoms with Crippen molar-refractivity contribution in [2.45, 2.75) is 38.6 Å². The molecule has 0 unspecified atom stereocenters. The number of pyridine rings is 2. The molecule has 1 aliphatic rings. The van der Waals surface area contributed by atoms with E-state index in [4.69, 9.17) is 9.51 Å². The van der Waals surface area contributed by atoms with Gasteiger partial charge in [-0.1, -0.05) is 35.5 Å². The number of benzene rings is 1. The van der Waals surface area contributed by atoms with Crippen molar-refractivity contribution in [2.75, 3.05) is 0 Å². The first kappa shape index (κ1) is 21.3. The highest BCUT2D eigenvalue weighted by Crippen LogP contribution is 2.48. The Morgan fingerprint density at radius 3 is 2.51 bits per heavy atom. The molecule has 4 heterocycles. The first-order chi connectivity index (χ1) is 17.0. The number of carboxylic acid groups (broad SMARTS) is 1. The third kappa shape index (κ3) is 3.51. The predicted octanol–water partition coefficient (Wildman–Crippen LogP) is 5.53. The molecule has 4 aromatic heterocycles. The molecule has 1 aliphatic carbocycles. The number of carbonyl (C=O) groups is 1. The van der Waals surface area contributed by atoms with Gasteiger partial charge in [-0.2, -0.15) is 0 Å². The zero-order chi connectivity index (χ0) is 24.2. The maximum absolute atomic E-state index is 11.7. The maximum Gasteiger partial charge on any atom is 0.314 e. The van der Waals surface area contributed by atoms with E-state index in [-0.39, 0.29) is 0 Å². The molecule has 0 spiro atoms. The lowest BCUT2D eigenvalue weighted by Gasteiger charge is -2.10. The molecule has 7 nitrogen and oxygen atoms in total. The lowest BCUT2D eigenvalue weighted by atomic mass is 9.94. The van der Waals surface area contributed by atoms with Crippen molar-refractivity contribution in [3.63, 3.8) is 0 Å². The first-order valence-corrected chi connectivity index (χ1v) is 11.6. The first-order valence-electron chi connectivity index (χ1n) is 11.6. The second-order valence-electron chi connectivity index (χ2n) is 9.25. The van der Waals surface area contributed by atoms with E-state index in [9.17, 15) is 9.90 Å². The Morgan fingerprint density at radius 1 is 1.09 bits per heavy atom. The molecule has 0 amide bonds. The number of aliphatic carboxylic acids is 1. The van der Waals surface area contributed by atoms with Gasteiger partial charge in [0.05, 0.1) is 34.4 Å². The number of hydrogen-bond donors (Lipinski definition) is 1. The minimum absolute atomic E-state index is 0.601. The summed E-state index contributed by atoms with van der Waals surface area (Å²) in [6, 6.07) is 15.9. The van der Waals surface area contributed by atoms with Gasteiger partial charge in [0.1, 0.15) is 5.76 Å². The second-order valence-corrected chi connectivity index (χ2v) is 9.25. The highest BCUT2D eigenvalue weighted by atomic mass is 16.5. The molecule has 0 saturated heterocycles. The zero-order valence-electron chi connectivity index (χ0n) is 19.5. The normalized spacial score (nSPS) is 14.3. The summed E-state index contributed by atoms with van der Waals surface area (Å²) in [5.41, 5.74) is 7.69. The molecule has 6 rings (SSSR count). The van der Waals surface area contributed by atoms with Crippen LogP contribution in [-0.2, 0) is 16.8 Å². The summed E-state index contributed by atoms with van der Waals surface area (Å²) in [6.45, 7) is 4.44. The average Bonchev–Trinajstić information content (AvgIpc) is 3.53. The molecule has 1 N–H and O–H groups in total. The average molecular weight is 465 g/mol. The van der Waals surface area contributed by atoms with Gasteiger partial charge < -0.3 is 14.2 Å². The molecule has 0 bridgehead atoms. The number of aryl methyl sites for hydroxylation is 2. The van der Waals surface area contributed by atoms with Crippen molar-refractivity contribution in [1.82, 2.24) is 19.7 Å². The molecular formula is C28H24N4O3. The van der Waals surface area contributed by atoms with Crippen LogP contribution in [0.2, 0.25) is 0 Å². The van der Waals surface area contributed by atoms with Gasteiger partial charge in [0.25, 0.3) is 0 Å². The van der Waals surface area contributed by atoms with Crippen LogP contribution >= 0.6 is 0 Å². The van der Waals surface area contributed by atoms with Crippen molar-refractivity contribution in [2.24, 2.45) is 0 Å². The highest BCUT2D eigenvalue weighted by molar-refractivity contribution is 5.95. The largest absolute Gasteiger partial charge is 0.481 e. The van der Waals surface area contributed by atoms with Gasteiger partial charge in [-0.3, -0.25) is 14.8 Å². The Balaban J connectivity index is 1.48. The van der Waals surface area contributed by atoms with E-state index in [2.05, 4.69) is 27.0 Å². The Labute approximate surface area is 202 Å². The van der Waals surface area contributed by atoms with Crippen LogP contribution in [-0.4, -0.2) is 30.8 Å². The van der Waals surface area contributed by atoms with E-state index in [0.717, 1.165) is 56.0 Å². The van der Waals surface area contributed by atoms with Crippen LogP contribution in [0.3, 0.4) is 0 Å². The maximum atomic E-state index is 11.7. The van der Waals surface area contributed by atoms with Crippen molar-refractivity contribution in [3.05, 3.63) is 89.8 Å². The summed E-state index contributed by atoms with van der Waals surface area (Å²) >= 11 is 0. The summed E-state index contributed by atoms with van der Waals surface area (Å²) in [5, 5.41) is 13.7. The van der Waals surface area contributed by atoms with Crippen molar-refractivity contribution in [3.8, 4) is 22.3 Å². The van der Waals surface area contributed by atoms with Crippen LogP contribution in [0, 0.1) is 13.8 Å². The number of rotatable bonds is 6.